The van der Waals surface area contributed by atoms with Crippen molar-refractivity contribution in [2.45, 2.75) is 13.8 Å². The molecule has 0 N–H and O–H groups in total. The van der Waals surface area contributed by atoms with Gasteiger partial charge in [0, 0.05) is 43.6 Å². The summed E-state index contributed by atoms with van der Waals surface area (Å²) in [6.45, 7) is 7.14. The molecule has 1 amide bonds. The van der Waals surface area contributed by atoms with Gasteiger partial charge in [-0.15, -0.1) is 0 Å². The molecule has 0 atom stereocenters. The SMILES string of the molecule is Cc1ccc(-c2nc3ccc(C)cn3c2C(=O)N2CCN(c3ccccc3)CC2)cc1. The van der Waals surface area contributed by atoms with Gasteiger partial charge in [-0.1, -0.05) is 54.1 Å². The van der Waals surface area contributed by atoms with Crippen molar-refractivity contribution in [1.82, 2.24) is 14.3 Å². The van der Waals surface area contributed by atoms with Crippen molar-refractivity contribution in [3.63, 3.8) is 0 Å². The van der Waals surface area contributed by atoms with Gasteiger partial charge in [0.2, 0.25) is 0 Å². The van der Waals surface area contributed by atoms with Crippen LogP contribution in [-0.4, -0.2) is 46.4 Å². The minimum absolute atomic E-state index is 0.0430. The summed E-state index contributed by atoms with van der Waals surface area (Å²) in [6, 6.07) is 22.6. The third-order valence-corrected chi connectivity index (χ3v) is 5.98. The largest absolute Gasteiger partial charge is 0.368 e. The molecule has 3 heterocycles. The number of carbonyl (C=O) groups excluding carboxylic acids is 1. The number of fused-ring (bicyclic) bond motifs is 1. The van der Waals surface area contributed by atoms with Gasteiger partial charge in [0.25, 0.3) is 5.91 Å². The van der Waals surface area contributed by atoms with Gasteiger partial charge < -0.3 is 9.80 Å². The molecule has 1 aliphatic heterocycles. The Balaban J connectivity index is 1.49. The number of anilines is 1. The summed E-state index contributed by atoms with van der Waals surface area (Å²) >= 11 is 0. The van der Waals surface area contributed by atoms with Crippen molar-refractivity contribution in [3.8, 4) is 11.3 Å². The first-order chi connectivity index (χ1) is 15.1. The molecule has 0 spiro atoms. The van der Waals surface area contributed by atoms with E-state index in [2.05, 4.69) is 48.2 Å². The predicted octanol–water partition coefficient (Wildman–Crippen LogP) is 4.58. The number of nitrogens with zero attached hydrogens (tertiary/aromatic N) is 4. The second-order valence-corrected chi connectivity index (χ2v) is 8.22. The fraction of sp³-hybridized carbons (Fsp3) is 0.231. The summed E-state index contributed by atoms with van der Waals surface area (Å²) in [4.78, 5) is 22.9. The fourth-order valence-corrected chi connectivity index (χ4v) is 4.22. The van der Waals surface area contributed by atoms with Crippen LogP contribution in [0.1, 0.15) is 21.6 Å². The van der Waals surface area contributed by atoms with Crippen molar-refractivity contribution in [2.75, 3.05) is 31.1 Å². The number of hydrogen-bond acceptors (Lipinski definition) is 3. The summed E-state index contributed by atoms with van der Waals surface area (Å²) in [5.41, 5.74) is 6.67. The van der Waals surface area contributed by atoms with Crippen molar-refractivity contribution in [3.05, 3.63) is 89.7 Å². The molecule has 2 aromatic heterocycles. The van der Waals surface area contributed by atoms with E-state index in [0.717, 1.165) is 35.6 Å². The van der Waals surface area contributed by atoms with E-state index in [1.165, 1.54) is 11.3 Å². The van der Waals surface area contributed by atoms with Gasteiger partial charge >= 0.3 is 0 Å². The van der Waals surface area contributed by atoms with Gasteiger partial charge in [0.05, 0.1) is 0 Å². The lowest BCUT2D eigenvalue weighted by atomic mass is 10.1. The number of aryl methyl sites for hydroxylation is 2. The van der Waals surface area contributed by atoms with Crippen molar-refractivity contribution in [2.24, 2.45) is 0 Å². The lowest BCUT2D eigenvalue weighted by molar-refractivity contribution is 0.0740. The second kappa shape index (κ2) is 7.91. The predicted molar refractivity (Wildman–Crippen MR) is 125 cm³/mol. The van der Waals surface area contributed by atoms with E-state index >= 15 is 0 Å². The van der Waals surface area contributed by atoms with Crippen molar-refractivity contribution in [1.29, 1.82) is 0 Å². The van der Waals surface area contributed by atoms with Crippen molar-refractivity contribution >= 4 is 17.2 Å². The van der Waals surface area contributed by atoms with E-state index in [9.17, 15) is 4.79 Å². The van der Waals surface area contributed by atoms with E-state index in [1.807, 2.05) is 52.8 Å². The molecule has 1 saturated heterocycles. The van der Waals surface area contributed by atoms with Crippen LogP contribution in [0.25, 0.3) is 16.9 Å². The van der Waals surface area contributed by atoms with Crippen LogP contribution >= 0.6 is 0 Å². The Hall–Kier alpha value is -3.60. The number of imidazole rings is 1. The van der Waals surface area contributed by atoms with E-state index in [1.54, 1.807) is 0 Å². The summed E-state index contributed by atoms with van der Waals surface area (Å²) in [5.74, 6) is 0.0430. The number of hydrogen-bond donors (Lipinski definition) is 0. The molecule has 2 aromatic carbocycles. The van der Waals surface area contributed by atoms with E-state index in [-0.39, 0.29) is 5.91 Å². The summed E-state index contributed by atoms with van der Waals surface area (Å²) in [6.07, 6.45) is 2.01. The highest BCUT2D eigenvalue weighted by Gasteiger charge is 2.28. The molecule has 156 valence electrons. The van der Waals surface area contributed by atoms with E-state index in [4.69, 9.17) is 4.98 Å². The zero-order valence-electron chi connectivity index (χ0n) is 18.0. The van der Waals surface area contributed by atoms with Gasteiger partial charge in [-0.05, 0) is 37.6 Å². The van der Waals surface area contributed by atoms with Gasteiger partial charge in [0.1, 0.15) is 17.0 Å². The molecule has 0 bridgehead atoms. The maximum absolute atomic E-state index is 13.7. The maximum Gasteiger partial charge on any atom is 0.273 e. The lowest BCUT2D eigenvalue weighted by Crippen LogP contribution is -2.49. The highest BCUT2D eigenvalue weighted by atomic mass is 16.2. The first kappa shape index (κ1) is 19.4. The van der Waals surface area contributed by atoms with Crippen LogP contribution in [-0.2, 0) is 0 Å². The Morgan fingerprint density at radius 3 is 2.19 bits per heavy atom. The topological polar surface area (TPSA) is 40.9 Å². The third kappa shape index (κ3) is 3.67. The fourth-order valence-electron chi connectivity index (χ4n) is 4.22. The minimum atomic E-state index is 0.0430. The number of benzene rings is 2. The molecule has 5 heteroatoms. The Morgan fingerprint density at radius 2 is 1.48 bits per heavy atom. The third-order valence-electron chi connectivity index (χ3n) is 5.98. The number of amides is 1. The molecule has 0 radical (unpaired) electrons. The minimum Gasteiger partial charge on any atom is -0.368 e. The average Bonchev–Trinajstić information content (AvgIpc) is 3.18. The summed E-state index contributed by atoms with van der Waals surface area (Å²) < 4.78 is 1.95. The Labute approximate surface area is 182 Å². The van der Waals surface area contributed by atoms with E-state index < -0.39 is 0 Å². The molecule has 31 heavy (non-hydrogen) atoms. The van der Waals surface area contributed by atoms with Crippen molar-refractivity contribution < 1.29 is 4.79 Å². The number of carbonyl (C=O) groups is 1. The zero-order valence-corrected chi connectivity index (χ0v) is 18.0. The van der Waals surface area contributed by atoms with Crippen LogP contribution in [0.3, 0.4) is 0 Å². The molecule has 5 rings (SSSR count). The smallest absolute Gasteiger partial charge is 0.273 e. The van der Waals surface area contributed by atoms with Gasteiger partial charge in [-0.2, -0.15) is 0 Å². The Morgan fingerprint density at radius 1 is 0.806 bits per heavy atom. The molecule has 4 aromatic rings. The quantitative estimate of drug-likeness (QED) is 0.496. The molecule has 0 unspecified atom stereocenters. The zero-order chi connectivity index (χ0) is 21.4. The number of rotatable bonds is 3. The summed E-state index contributed by atoms with van der Waals surface area (Å²) in [5, 5.41) is 0. The van der Waals surface area contributed by atoms with Gasteiger partial charge in [-0.25, -0.2) is 4.98 Å². The first-order valence-corrected chi connectivity index (χ1v) is 10.8. The van der Waals surface area contributed by atoms with Crippen LogP contribution < -0.4 is 4.90 Å². The monoisotopic (exact) mass is 410 g/mol. The second-order valence-electron chi connectivity index (χ2n) is 8.22. The van der Waals surface area contributed by atoms with Crippen LogP contribution in [0.2, 0.25) is 0 Å². The normalized spacial score (nSPS) is 14.3. The molecular weight excluding hydrogens is 384 g/mol. The number of para-hydroxylation sites is 1. The molecule has 5 nitrogen and oxygen atoms in total. The summed E-state index contributed by atoms with van der Waals surface area (Å²) in [7, 11) is 0. The maximum atomic E-state index is 13.7. The highest BCUT2D eigenvalue weighted by molar-refractivity contribution is 6.00. The first-order valence-electron chi connectivity index (χ1n) is 10.8. The van der Waals surface area contributed by atoms with E-state index in [0.29, 0.717) is 18.8 Å². The molecule has 0 saturated carbocycles. The standard InChI is InChI=1S/C26H26N4O/c1-19-8-11-21(12-9-19)24-25(30-18-20(2)10-13-23(30)27-24)26(31)29-16-14-28(15-17-29)22-6-4-3-5-7-22/h3-13,18H,14-17H2,1-2H3. The average molecular weight is 411 g/mol. The molecular formula is C26H26N4O. The number of piperazine rings is 1. The number of pyridine rings is 1. The van der Waals surface area contributed by atoms with Gasteiger partial charge in [-0.3, -0.25) is 9.20 Å². The Kier molecular flexibility index (Phi) is 4.94. The van der Waals surface area contributed by atoms with Crippen LogP contribution in [0, 0.1) is 13.8 Å². The van der Waals surface area contributed by atoms with Gasteiger partial charge in [0.15, 0.2) is 0 Å². The highest BCUT2D eigenvalue weighted by Crippen LogP contribution is 2.27. The molecule has 1 aliphatic rings. The van der Waals surface area contributed by atoms with Crippen LogP contribution in [0.4, 0.5) is 5.69 Å². The van der Waals surface area contributed by atoms with Crippen LogP contribution in [0.5, 0.6) is 0 Å². The Bertz CT molecular complexity index is 1220. The molecule has 0 aliphatic carbocycles. The number of aromatic nitrogens is 2. The lowest BCUT2D eigenvalue weighted by Gasteiger charge is -2.36. The van der Waals surface area contributed by atoms with Crippen LogP contribution in [0.15, 0.2) is 72.9 Å². The molecule has 1 fully saturated rings.